The van der Waals surface area contributed by atoms with E-state index in [0.29, 0.717) is 19.0 Å². The number of hydrogen-bond donors (Lipinski definition) is 1. The molecule has 4 fully saturated rings. The minimum atomic E-state index is 0.105. The fraction of sp³-hybridized carbons (Fsp3) is 0.900. The molecule has 2 unspecified atom stereocenters. The molecule has 146 valence electrons. The molecule has 3 heterocycles. The first kappa shape index (κ1) is 18.2. The maximum absolute atomic E-state index is 12.7. The van der Waals surface area contributed by atoms with Crippen LogP contribution in [-0.4, -0.2) is 73.6 Å². The maximum atomic E-state index is 12.7. The highest BCUT2D eigenvalue weighted by molar-refractivity contribution is 5.83. The Morgan fingerprint density at radius 3 is 2.50 bits per heavy atom. The molecule has 1 N–H and O–H groups in total. The van der Waals surface area contributed by atoms with Gasteiger partial charge >= 0.3 is 0 Å². The van der Waals surface area contributed by atoms with Gasteiger partial charge in [0, 0.05) is 32.2 Å². The number of nitrogens with zero attached hydrogens (tertiary/aromatic N) is 2. The van der Waals surface area contributed by atoms with Gasteiger partial charge in [-0.1, -0.05) is 0 Å². The summed E-state index contributed by atoms with van der Waals surface area (Å²) in [5.74, 6) is 0.775. The van der Waals surface area contributed by atoms with E-state index in [-0.39, 0.29) is 23.3 Å². The Balaban J connectivity index is 1.17. The second-order valence-electron chi connectivity index (χ2n) is 8.72. The number of piperidine rings is 2. The van der Waals surface area contributed by atoms with Gasteiger partial charge in [0.05, 0.1) is 12.6 Å². The fourth-order valence-corrected chi connectivity index (χ4v) is 5.03. The van der Waals surface area contributed by atoms with Crippen LogP contribution in [0.15, 0.2) is 0 Å². The molecule has 3 saturated heterocycles. The van der Waals surface area contributed by atoms with Crippen LogP contribution in [0.3, 0.4) is 0 Å². The van der Waals surface area contributed by atoms with E-state index in [4.69, 9.17) is 4.74 Å². The van der Waals surface area contributed by atoms with Crippen molar-refractivity contribution in [1.29, 1.82) is 0 Å². The molecule has 0 bridgehead atoms. The summed E-state index contributed by atoms with van der Waals surface area (Å²) in [7, 11) is 0. The zero-order valence-electron chi connectivity index (χ0n) is 15.9. The topological polar surface area (TPSA) is 61.9 Å². The number of rotatable bonds is 5. The van der Waals surface area contributed by atoms with Crippen molar-refractivity contribution in [1.82, 2.24) is 15.1 Å². The van der Waals surface area contributed by atoms with Crippen LogP contribution in [0.2, 0.25) is 0 Å². The fourth-order valence-electron chi connectivity index (χ4n) is 5.03. The number of hydrogen-bond acceptors (Lipinski definition) is 4. The molecule has 4 rings (SSSR count). The molecule has 0 radical (unpaired) electrons. The number of carbonyl (C=O) groups excluding carboxylic acids is 2. The van der Waals surface area contributed by atoms with E-state index in [1.54, 1.807) is 0 Å². The summed E-state index contributed by atoms with van der Waals surface area (Å²) < 4.78 is 5.55. The molecule has 0 aromatic heterocycles. The predicted octanol–water partition coefficient (Wildman–Crippen LogP) is 1.40. The van der Waals surface area contributed by atoms with Crippen molar-refractivity contribution in [3.05, 3.63) is 0 Å². The summed E-state index contributed by atoms with van der Waals surface area (Å²) in [5.41, 5.74) is 0.249. The number of amides is 2. The Morgan fingerprint density at radius 1 is 1.04 bits per heavy atom. The van der Waals surface area contributed by atoms with E-state index in [0.717, 1.165) is 64.9 Å². The average molecular weight is 364 g/mol. The molecule has 6 heteroatoms. The lowest BCUT2D eigenvalue weighted by molar-refractivity contribution is -0.134. The van der Waals surface area contributed by atoms with Gasteiger partial charge in [-0.3, -0.25) is 14.5 Å². The molecule has 1 spiro atoms. The lowest BCUT2D eigenvalue weighted by Gasteiger charge is -2.33. The molecular formula is C20H33N3O3. The van der Waals surface area contributed by atoms with Crippen molar-refractivity contribution in [2.45, 2.75) is 57.5 Å². The average Bonchev–Trinajstić information content (AvgIpc) is 3.11. The zero-order valence-corrected chi connectivity index (χ0v) is 15.9. The minimum absolute atomic E-state index is 0.105. The summed E-state index contributed by atoms with van der Waals surface area (Å²) >= 11 is 0. The molecule has 2 atom stereocenters. The number of ether oxygens (including phenoxy) is 1. The lowest BCUT2D eigenvalue weighted by Crippen LogP contribution is -2.44. The second-order valence-corrected chi connectivity index (χ2v) is 8.72. The zero-order chi connectivity index (χ0) is 18.0. The van der Waals surface area contributed by atoms with Crippen LogP contribution >= 0.6 is 0 Å². The van der Waals surface area contributed by atoms with Crippen molar-refractivity contribution in [2.75, 3.05) is 45.9 Å². The van der Waals surface area contributed by atoms with Crippen LogP contribution in [-0.2, 0) is 14.3 Å². The molecule has 6 nitrogen and oxygen atoms in total. The Labute approximate surface area is 156 Å². The van der Waals surface area contributed by atoms with Crippen LogP contribution in [0.1, 0.15) is 51.4 Å². The summed E-state index contributed by atoms with van der Waals surface area (Å²) in [6.45, 7) is 5.75. The molecule has 0 aromatic carbocycles. The van der Waals surface area contributed by atoms with Crippen LogP contribution in [0.5, 0.6) is 0 Å². The SMILES string of the molecule is O=C(CN1CCC2(CC1)CC2C(=O)N1CCCCC1)NCC1CCCO1. The van der Waals surface area contributed by atoms with E-state index < -0.39 is 0 Å². The molecule has 0 aromatic rings. The molecule has 2 amide bonds. The lowest BCUT2D eigenvalue weighted by atomic mass is 9.90. The van der Waals surface area contributed by atoms with Gasteiger partial charge in [-0.2, -0.15) is 0 Å². The largest absolute Gasteiger partial charge is 0.376 e. The van der Waals surface area contributed by atoms with Gasteiger partial charge in [0.1, 0.15) is 0 Å². The monoisotopic (exact) mass is 363 g/mol. The van der Waals surface area contributed by atoms with Crippen molar-refractivity contribution >= 4 is 11.8 Å². The normalized spacial score (nSPS) is 31.2. The highest BCUT2D eigenvalue weighted by Gasteiger charge is 2.59. The van der Waals surface area contributed by atoms with Gasteiger partial charge < -0.3 is 15.0 Å². The molecule has 26 heavy (non-hydrogen) atoms. The van der Waals surface area contributed by atoms with Crippen molar-refractivity contribution in [2.24, 2.45) is 11.3 Å². The van der Waals surface area contributed by atoms with E-state index in [2.05, 4.69) is 15.1 Å². The Hall–Kier alpha value is -1.14. The van der Waals surface area contributed by atoms with Crippen molar-refractivity contribution in [3.63, 3.8) is 0 Å². The highest BCUT2D eigenvalue weighted by atomic mass is 16.5. The van der Waals surface area contributed by atoms with Crippen molar-refractivity contribution < 1.29 is 14.3 Å². The van der Waals surface area contributed by atoms with Crippen LogP contribution < -0.4 is 5.32 Å². The van der Waals surface area contributed by atoms with Crippen LogP contribution in [0.25, 0.3) is 0 Å². The molecular weight excluding hydrogens is 330 g/mol. The van der Waals surface area contributed by atoms with Gasteiger partial charge in [0.25, 0.3) is 0 Å². The first-order chi connectivity index (χ1) is 12.7. The van der Waals surface area contributed by atoms with E-state index in [1.807, 2.05) is 0 Å². The van der Waals surface area contributed by atoms with Crippen LogP contribution in [0, 0.1) is 11.3 Å². The molecule has 1 aliphatic carbocycles. The maximum Gasteiger partial charge on any atom is 0.234 e. The van der Waals surface area contributed by atoms with E-state index in [9.17, 15) is 9.59 Å². The van der Waals surface area contributed by atoms with Gasteiger partial charge in [-0.15, -0.1) is 0 Å². The Morgan fingerprint density at radius 2 is 1.81 bits per heavy atom. The number of likely N-dealkylation sites (tertiary alicyclic amines) is 2. The Kier molecular flexibility index (Phi) is 5.50. The van der Waals surface area contributed by atoms with Gasteiger partial charge in [-0.05, 0) is 69.9 Å². The standard InChI is InChI=1S/C20H33N3O3/c24-18(21-14-16-5-4-12-26-16)15-22-10-6-20(7-11-22)13-17(20)19(25)23-8-2-1-3-9-23/h16-17H,1-15H2,(H,21,24). The van der Waals surface area contributed by atoms with Crippen molar-refractivity contribution in [3.8, 4) is 0 Å². The summed E-state index contributed by atoms with van der Waals surface area (Å²) in [4.78, 5) is 29.2. The summed E-state index contributed by atoms with van der Waals surface area (Å²) in [5, 5.41) is 3.01. The van der Waals surface area contributed by atoms with Gasteiger partial charge in [-0.25, -0.2) is 0 Å². The highest BCUT2D eigenvalue weighted by Crippen LogP contribution is 2.60. The van der Waals surface area contributed by atoms with Gasteiger partial charge in [0.15, 0.2) is 0 Å². The molecule has 4 aliphatic rings. The van der Waals surface area contributed by atoms with E-state index >= 15 is 0 Å². The quantitative estimate of drug-likeness (QED) is 0.802. The second kappa shape index (κ2) is 7.85. The third-order valence-electron chi connectivity index (χ3n) is 6.93. The number of nitrogens with one attached hydrogen (secondary N) is 1. The van der Waals surface area contributed by atoms with Crippen LogP contribution in [0.4, 0.5) is 0 Å². The summed E-state index contributed by atoms with van der Waals surface area (Å²) in [6.07, 6.45) is 9.17. The van der Waals surface area contributed by atoms with E-state index in [1.165, 1.54) is 19.3 Å². The molecule has 3 aliphatic heterocycles. The Bertz CT molecular complexity index is 518. The minimum Gasteiger partial charge on any atom is -0.376 e. The third-order valence-corrected chi connectivity index (χ3v) is 6.93. The summed E-state index contributed by atoms with van der Waals surface area (Å²) in [6, 6.07) is 0. The molecule has 1 saturated carbocycles. The van der Waals surface area contributed by atoms with Gasteiger partial charge in [0.2, 0.25) is 11.8 Å². The predicted molar refractivity (Wildman–Crippen MR) is 98.6 cm³/mol. The smallest absolute Gasteiger partial charge is 0.234 e. The first-order valence-corrected chi connectivity index (χ1v) is 10.6. The third kappa shape index (κ3) is 4.06. The first-order valence-electron chi connectivity index (χ1n) is 10.6. The number of carbonyl (C=O) groups is 2.